The standard InChI is InChI=1S/C13H20N2O3/c1-10(17)11-5-4-6-14-12(11)15-7-13(2,8-16)9-18-3/h4-6,16H,7-9H2,1-3H3,(H,14,15). The van der Waals surface area contributed by atoms with Crippen molar-refractivity contribution in [2.75, 3.05) is 32.2 Å². The van der Waals surface area contributed by atoms with E-state index in [1.807, 2.05) is 6.92 Å². The molecule has 0 bridgehead atoms. The number of Topliss-reactive ketones (excluding diaryl/α,β-unsaturated/α-hetero) is 1. The van der Waals surface area contributed by atoms with Gasteiger partial charge in [-0.25, -0.2) is 4.98 Å². The van der Waals surface area contributed by atoms with Gasteiger partial charge < -0.3 is 15.2 Å². The number of hydrogen-bond acceptors (Lipinski definition) is 5. The molecule has 0 radical (unpaired) electrons. The summed E-state index contributed by atoms with van der Waals surface area (Å²) in [5.41, 5.74) is 0.149. The lowest BCUT2D eigenvalue weighted by atomic mass is 9.93. The lowest BCUT2D eigenvalue weighted by Crippen LogP contribution is -2.35. The molecule has 1 aromatic rings. The maximum Gasteiger partial charge on any atom is 0.163 e. The number of aromatic nitrogens is 1. The number of carbonyl (C=O) groups is 1. The first-order valence-electron chi connectivity index (χ1n) is 5.82. The molecule has 1 rings (SSSR count). The first-order valence-corrected chi connectivity index (χ1v) is 5.82. The van der Waals surface area contributed by atoms with E-state index in [4.69, 9.17) is 4.74 Å². The molecule has 0 aliphatic rings. The van der Waals surface area contributed by atoms with Gasteiger partial charge in [0.05, 0.1) is 18.8 Å². The first-order chi connectivity index (χ1) is 8.52. The predicted octanol–water partition coefficient (Wildman–Crippen LogP) is 1.34. The van der Waals surface area contributed by atoms with E-state index < -0.39 is 5.41 Å². The van der Waals surface area contributed by atoms with Crippen molar-refractivity contribution in [3.8, 4) is 0 Å². The minimum Gasteiger partial charge on any atom is -0.396 e. The summed E-state index contributed by atoms with van der Waals surface area (Å²) in [6.07, 6.45) is 1.63. The van der Waals surface area contributed by atoms with E-state index in [-0.39, 0.29) is 12.4 Å². The third-order valence-electron chi connectivity index (χ3n) is 2.74. The number of pyridine rings is 1. The summed E-state index contributed by atoms with van der Waals surface area (Å²) in [5.74, 6) is 0.504. The normalized spacial score (nSPS) is 14.0. The minimum absolute atomic E-state index is 0.00389. The second-order valence-electron chi connectivity index (χ2n) is 4.71. The van der Waals surface area contributed by atoms with Crippen LogP contribution in [0.2, 0.25) is 0 Å². The zero-order valence-electron chi connectivity index (χ0n) is 11.1. The van der Waals surface area contributed by atoms with Crippen molar-refractivity contribution in [2.24, 2.45) is 5.41 Å². The fourth-order valence-electron chi connectivity index (χ4n) is 1.63. The largest absolute Gasteiger partial charge is 0.396 e. The van der Waals surface area contributed by atoms with E-state index in [2.05, 4.69) is 10.3 Å². The SMILES string of the molecule is COCC(C)(CO)CNc1ncccc1C(C)=O. The van der Waals surface area contributed by atoms with E-state index in [1.165, 1.54) is 6.92 Å². The zero-order chi connectivity index (χ0) is 13.6. The predicted molar refractivity (Wildman–Crippen MR) is 69.8 cm³/mol. The molecule has 5 nitrogen and oxygen atoms in total. The van der Waals surface area contributed by atoms with Crippen molar-refractivity contribution >= 4 is 11.6 Å². The van der Waals surface area contributed by atoms with Crippen LogP contribution < -0.4 is 5.32 Å². The molecule has 0 fully saturated rings. The van der Waals surface area contributed by atoms with Crippen LogP contribution in [0.5, 0.6) is 0 Å². The summed E-state index contributed by atoms with van der Waals surface area (Å²) in [7, 11) is 1.59. The Kier molecular flexibility index (Phi) is 5.25. The molecule has 1 unspecified atom stereocenters. The van der Waals surface area contributed by atoms with Gasteiger partial charge in [-0.3, -0.25) is 4.79 Å². The van der Waals surface area contributed by atoms with E-state index in [0.29, 0.717) is 24.5 Å². The number of nitrogens with zero attached hydrogens (tertiary/aromatic N) is 1. The molecule has 0 aliphatic carbocycles. The molecular weight excluding hydrogens is 232 g/mol. The molecule has 100 valence electrons. The summed E-state index contributed by atoms with van der Waals surface area (Å²) in [5, 5.41) is 12.5. The second-order valence-corrected chi connectivity index (χ2v) is 4.71. The number of nitrogens with one attached hydrogen (secondary N) is 1. The highest BCUT2D eigenvalue weighted by atomic mass is 16.5. The molecular formula is C13H20N2O3. The highest BCUT2D eigenvalue weighted by molar-refractivity contribution is 5.98. The summed E-state index contributed by atoms with van der Waals surface area (Å²) in [4.78, 5) is 15.6. The van der Waals surface area contributed by atoms with Crippen LogP contribution >= 0.6 is 0 Å². The molecule has 0 spiro atoms. The van der Waals surface area contributed by atoms with Gasteiger partial charge >= 0.3 is 0 Å². The van der Waals surface area contributed by atoms with Gasteiger partial charge in [0, 0.05) is 25.3 Å². The number of hydrogen-bond donors (Lipinski definition) is 2. The molecule has 18 heavy (non-hydrogen) atoms. The smallest absolute Gasteiger partial charge is 0.163 e. The summed E-state index contributed by atoms with van der Waals surface area (Å²) >= 11 is 0. The Morgan fingerprint density at radius 2 is 2.33 bits per heavy atom. The van der Waals surface area contributed by atoms with E-state index in [1.54, 1.807) is 25.4 Å². The van der Waals surface area contributed by atoms with Crippen molar-refractivity contribution in [2.45, 2.75) is 13.8 Å². The monoisotopic (exact) mass is 252 g/mol. The van der Waals surface area contributed by atoms with Gasteiger partial charge in [0.2, 0.25) is 0 Å². The zero-order valence-corrected chi connectivity index (χ0v) is 11.1. The van der Waals surface area contributed by atoms with Gasteiger partial charge in [-0.2, -0.15) is 0 Å². The maximum atomic E-state index is 11.4. The Bertz CT molecular complexity index is 409. The Balaban J connectivity index is 2.76. The third kappa shape index (κ3) is 3.78. The summed E-state index contributed by atoms with van der Waals surface area (Å²) < 4.78 is 5.08. The van der Waals surface area contributed by atoms with Gasteiger partial charge in [-0.15, -0.1) is 0 Å². The Morgan fingerprint density at radius 1 is 1.61 bits per heavy atom. The van der Waals surface area contributed by atoms with Crippen molar-refractivity contribution < 1.29 is 14.6 Å². The lowest BCUT2D eigenvalue weighted by molar-refractivity contribution is 0.0514. The van der Waals surface area contributed by atoms with Gasteiger partial charge in [0.15, 0.2) is 5.78 Å². The van der Waals surface area contributed by atoms with Gasteiger partial charge in [-0.05, 0) is 19.1 Å². The second kappa shape index (κ2) is 6.47. The van der Waals surface area contributed by atoms with Crippen LogP contribution in [-0.4, -0.2) is 42.7 Å². The molecule has 1 atom stereocenters. The molecule has 5 heteroatoms. The Labute approximate surface area is 107 Å². The molecule has 2 N–H and O–H groups in total. The van der Waals surface area contributed by atoms with Gasteiger partial charge in [-0.1, -0.05) is 6.92 Å². The van der Waals surface area contributed by atoms with E-state index >= 15 is 0 Å². The van der Waals surface area contributed by atoms with E-state index in [9.17, 15) is 9.90 Å². The highest BCUT2D eigenvalue weighted by Gasteiger charge is 2.24. The summed E-state index contributed by atoms with van der Waals surface area (Å²) in [6, 6.07) is 3.45. The molecule has 1 heterocycles. The van der Waals surface area contributed by atoms with Crippen LogP contribution in [0.25, 0.3) is 0 Å². The van der Waals surface area contributed by atoms with Crippen molar-refractivity contribution in [3.63, 3.8) is 0 Å². The number of anilines is 1. The van der Waals surface area contributed by atoms with Crippen molar-refractivity contribution in [1.82, 2.24) is 4.98 Å². The van der Waals surface area contributed by atoms with E-state index in [0.717, 1.165) is 0 Å². The average molecular weight is 252 g/mol. The average Bonchev–Trinajstić information content (AvgIpc) is 2.37. The van der Waals surface area contributed by atoms with Crippen molar-refractivity contribution in [1.29, 1.82) is 0 Å². The molecule has 0 saturated heterocycles. The Hall–Kier alpha value is -1.46. The number of rotatable bonds is 7. The number of ketones is 1. The maximum absolute atomic E-state index is 11.4. The quantitative estimate of drug-likeness (QED) is 0.717. The molecule has 1 aromatic heterocycles. The fourth-order valence-corrected chi connectivity index (χ4v) is 1.63. The van der Waals surface area contributed by atoms with Crippen LogP contribution in [0.15, 0.2) is 18.3 Å². The van der Waals surface area contributed by atoms with Crippen LogP contribution in [0.3, 0.4) is 0 Å². The van der Waals surface area contributed by atoms with Crippen LogP contribution in [-0.2, 0) is 4.74 Å². The number of aliphatic hydroxyl groups excluding tert-OH is 1. The van der Waals surface area contributed by atoms with Gasteiger partial charge in [0.25, 0.3) is 0 Å². The third-order valence-corrected chi connectivity index (χ3v) is 2.74. The minimum atomic E-state index is -0.402. The molecule has 0 amide bonds. The van der Waals surface area contributed by atoms with Crippen LogP contribution in [0.1, 0.15) is 24.2 Å². The van der Waals surface area contributed by atoms with Crippen LogP contribution in [0.4, 0.5) is 5.82 Å². The molecule has 0 aliphatic heterocycles. The number of aliphatic hydroxyl groups is 1. The van der Waals surface area contributed by atoms with Crippen LogP contribution in [0, 0.1) is 5.41 Å². The fraction of sp³-hybridized carbons (Fsp3) is 0.538. The number of carbonyl (C=O) groups excluding carboxylic acids is 1. The number of ether oxygens (including phenoxy) is 1. The first kappa shape index (κ1) is 14.6. The Morgan fingerprint density at radius 3 is 2.89 bits per heavy atom. The van der Waals surface area contributed by atoms with Gasteiger partial charge in [0.1, 0.15) is 5.82 Å². The van der Waals surface area contributed by atoms with Crippen molar-refractivity contribution in [3.05, 3.63) is 23.9 Å². The number of methoxy groups -OCH3 is 1. The molecule has 0 saturated carbocycles. The lowest BCUT2D eigenvalue weighted by Gasteiger charge is -2.27. The highest BCUT2D eigenvalue weighted by Crippen LogP contribution is 2.18. The summed E-state index contributed by atoms with van der Waals surface area (Å²) in [6.45, 7) is 4.31. The molecule has 0 aromatic carbocycles. The topological polar surface area (TPSA) is 71.5 Å².